The summed E-state index contributed by atoms with van der Waals surface area (Å²) in [6.45, 7) is 0.264. The van der Waals surface area contributed by atoms with Crippen molar-refractivity contribution in [3.8, 4) is 0 Å². The molecule has 2 aromatic rings. The van der Waals surface area contributed by atoms with Crippen LogP contribution in [0.1, 0.15) is 24.0 Å². The van der Waals surface area contributed by atoms with Gasteiger partial charge in [-0.15, -0.1) is 12.4 Å². The minimum Gasteiger partial charge on any atom is -0.461 e. The third-order valence-electron chi connectivity index (χ3n) is 3.83. The number of rotatable bonds is 10. The van der Waals surface area contributed by atoms with E-state index in [4.69, 9.17) is 15.2 Å². The van der Waals surface area contributed by atoms with E-state index in [2.05, 4.69) is 5.32 Å². The van der Waals surface area contributed by atoms with Crippen molar-refractivity contribution in [2.75, 3.05) is 6.54 Å². The first-order valence-electron chi connectivity index (χ1n) is 8.98. The van der Waals surface area contributed by atoms with Gasteiger partial charge in [-0.25, -0.2) is 4.79 Å². The zero-order chi connectivity index (χ0) is 20.2. The Bertz CT molecular complexity index is 771. The summed E-state index contributed by atoms with van der Waals surface area (Å²) in [5.41, 5.74) is 6.99. The second-order valence-electron chi connectivity index (χ2n) is 6.10. The van der Waals surface area contributed by atoms with Crippen LogP contribution in [0.3, 0.4) is 0 Å². The number of amides is 1. The Morgan fingerprint density at radius 1 is 0.862 bits per heavy atom. The molecule has 0 saturated carbocycles. The molecule has 1 amide bonds. The summed E-state index contributed by atoms with van der Waals surface area (Å²) in [7, 11) is 0. The molecule has 0 unspecified atom stereocenters. The van der Waals surface area contributed by atoms with E-state index in [1.807, 2.05) is 60.7 Å². The zero-order valence-corrected chi connectivity index (χ0v) is 16.7. The van der Waals surface area contributed by atoms with Crippen LogP contribution in [0.4, 0.5) is 0 Å². The Morgan fingerprint density at radius 3 is 1.90 bits per heavy atom. The molecule has 2 aromatic carbocycles. The van der Waals surface area contributed by atoms with E-state index < -0.39 is 23.9 Å². The Hall–Kier alpha value is -2.90. The van der Waals surface area contributed by atoms with Gasteiger partial charge in [0.1, 0.15) is 19.3 Å². The van der Waals surface area contributed by atoms with Crippen LogP contribution >= 0.6 is 12.4 Å². The van der Waals surface area contributed by atoms with Crippen LogP contribution in [0, 0.1) is 0 Å². The first-order chi connectivity index (χ1) is 13.6. The Kier molecular flexibility index (Phi) is 11.1. The van der Waals surface area contributed by atoms with Gasteiger partial charge in [-0.3, -0.25) is 9.59 Å². The number of carbonyl (C=O) groups excluding carboxylic acids is 3. The molecule has 3 N–H and O–H groups in total. The number of benzene rings is 2. The van der Waals surface area contributed by atoms with E-state index >= 15 is 0 Å². The first-order valence-corrected chi connectivity index (χ1v) is 8.98. The summed E-state index contributed by atoms with van der Waals surface area (Å²) < 4.78 is 10.4. The van der Waals surface area contributed by atoms with Gasteiger partial charge in [-0.05, 0) is 11.1 Å². The minimum atomic E-state index is -1.13. The van der Waals surface area contributed by atoms with Gasteiger partial charge >= 0.3 is 11.9 Å². The summed E-state index contributed by atoms with van der Waals surface area (Å²) in [4.78, 5) is 36.4. The quantitative estimate of drug-likeness (QED) is 0.570. The van der Waals surface area contributed by atoms with E-state index in [1.165, 1.54) is 0 Å². The largest absolute Gasteiger partial charge is 0.461 e. The molecule has 0 aromatic heterocycles. The fraction of sp³-hybridized carbons (Fsp3) is 0.286. The standard InChI is InChI=1S/C21H24N2O5.ClH/c22-12-11-19(24)23-18(21(26)28-15-17-9-5-2-6-10-17)13-20(25)27-14-16-7-3-1-4-8-16;/h1-10,18H,11-15,22H2,(H,23,24);1H/t18-;/m0./s1. The number of nitrogens with one attached hydrogen (secondary N) is 1. The molecule has 0 radical (unpaired) electrons. The van der Waals surface area contributed by atoms with Crippen molar-refractivity contribution in [1.82, 2.24) is 5.32 Å². The summed E-state index contributed by atoms with van der Waals surface area (Å²) in [6.07, 6.45) is -0.279. The first kappa shape index (κ1) is 24.1. The SMILES string of the molecule is Cl.NCCC(=O)N[C@@H](CC(=O)OCc1ccccc1)C(=O)OCc1ccccc1. The second-order valence-corrected chi connectivity index (χ2v) is 6.10. The molecule has 0 saturated heterocycles. The maximum Gasteiger partial charge on any atom is 0.329 e. The summed E-state index contributed by atoms with van der Waals surface area (Å²) in [6, 6.07) is 17.2. The topological polar surface area (TPSA) is 108 Å². The van der Waals surface area contributed by atoms with E-state index in [1.54, 1.807) is 0 Å². The molecule has 8 heteroatoms. The van der Waals surface area contributed by atoms with Crippen LogP contribution in [-0.4, -0.2) is 30.4 Å². The molecule has 7 nitrogen and oxygen atoms in total. The summed E-state index contributed by atoms with van der Waals surface area (Å²) >= 11 is 0. The third kappa shape index (κ3) is 9.23. The highest BCUT2D eigenvalue weighted by molar-refractivity contribution is 5.88. The molecule has 0 spiro atoms. The van der Waals surface area contributed by atoms with Gasteiger partial charge in [0.05, 0.1) is 6.42 Å². The van der Waals surface area contributed by atoms with Crippen molar-refractivity contribution in [2.24, 2.45) is 5.73 Å². The lowest BCUT2D eigenvalue weighted by Gasteiger charge is -2.17. The number of esters is 2. The fourth-order valence-electron chi connectivity index (χ4n) is 2.38. The summed E-state index contributed by atoms with van der Waals surface area (Å²) in [5, 5.41) is 2.49. The molecule has 0 bridgehead atoms. The van der Waals surface area contributed by atoms with Gasteiger partial charge in [0.25, 0.3) is 0 Å². The molecule has 0 aliphatic rings. The molecule has 0 heterocycles. The zero-order valence-electron chi connectivity index (χ0n) is 15.9. The molecule has 0 fully saturated rings. The Labute approximate surface area is 176 Å². The Morgan fingerprint density at radius 2 is 1.38 bits per heavy atom. The highest BCUT2D eigenvalue weighted by Gasteiger charge is 2.26. The van der Waals surface area contributed by atoms with Crippen molar-refractivity contribution in [1.29, 1.82) is 0 Å². The van der Waals surface area contributed by atoms with Gasteiger partial charge in [0.2, 0.25) is 5.91 Å². The highest BCUT2D eigenvalue weighted by atomic mass is 35.5. The molecule has 0 aliphatic carbocycles. The van der Waals surface area contributed by atoms with Crippen LogP contribution < -0.4 is 11.1 Å². The maximum absolute atomic E-state index is 12.4. The monoisotopic (exact) mass is 420 g/mol. The van der Waals surface area contributed by atoms with Crippen LogP contribution in [0.5, 0.6) is 0 Å². The van der Waals surface area contributed by atoms with E-state index in [-0.39, 0.29) is 45.0 Å². The van der Waals surface area contributed by atoms with Crippen LogP contribution in [0.2, 0.25) is 0 Å². The molecule has 0 aliphatic heterocycles. The van der Waals surface area contributed by atoms with Gasteiger partial charge in [0, 0.05) is 13.0 Å². The fourth-order valence-corrected chi connectivity index (χ4v) is 2.38. The highest BCUT2D eigenvalue weighted by Crippen LogP contribution is 2.07. The average molecular weight is 421 g/mol. The smallest absolute Gasteiger partial charge is 0.329 e. The van der Waals surface area contributed by atoms with Crippen molar-refractivity contribution >= 4 is 30.3 Å². The third-order valence-corrected chi connectivity index (χ3v) is 3.83. The van der Waals surface area contributed by atoms with Gasteiger partial charge in [-0.2, -0.15) is 0 Å². The number of halogens is 1. The van der Waals surface area contributed by atoms with Gasteiger partial charge < -0.3 is 20.5 Å². The number of carbonyl (C=O) groups is 3. The Balaban J connectivity index is 0.00000420. The van der Waals surface area contributed by atoms with Crippen molar-refractivity contribution in [2.45, 2.75) is 32.1 Å². The second kappa shape index (κ2) is 13.3. The molecule has 29 heavy (non-hydrogen) atoms. The van der Waals surface area contributed by atoms with E-state index in [9.17, 15) is 14.4 Å². The van der Waals surface area contributed by atoms with Gasteiger partial charge in [0.15, 0.2) is 0 Å². The van der Waals surface area contributed by atoms with Crippen molar-refractivity contribution in [3.05, 3.63) is 71.8 Å². The predicted octanol–water partition coefficient (Wildman–Crippen LogP) is 2.12. The molecular weight excluding hydrogens is 396 g/mol. The number of ether oxygens (including phenoxy) is 2. The lowest BCUT2D eigenvalue weighted by atomic mass is 10.2. The number of nitrogens with two attached hydrogens (primary N) is 1. The molecular formula is C21H25ClN2O5. The lowest BCUT2D eigenvalue weighted by molar-refractivity contribution is -0.155. The molecule has 2 rings (SSSR count). The van der Waals surface area contributed by atoms with Crippen LogP contribution in [-0.2, 0) is 37.1 Å². The molecule has 1 atom stereocenters. The average Bonchev–Trinajstić information content (AvgIpc) is 2.71. The normalized spacial score (nSPS) is 10.9. The predicted molar refractivity (Wildman–Crippen MR) is 110 cm³/mol. The summed E-state index contributed by atoms with van der Waals surface area (Å²) in [5.74, 6) is -1.75. The number of hydrogen-bond acceptors (Lipinski definition) is 6. The maximum atomic E-state index is 12.4. The van der Waals surface area contributed by atoms with Crippen LogP contribution in [0.25, 0.3) is 0 Å². The molecule has 156 valence electrons. The van der Waals surface area contributed by atoms with E-state index in [0.717, 1.165) is 11.1 Å². The number of hydrogen-bond donors (Lipinski definition) is 2. The minimum absolute atomic E-state index is 0. The van der Waals surface area contributed by atoms with Gasteiger partial charge in [-0.1, -0.05) is 60.7 Å². The van der Waals surface area contributed by atoms with Crippen LogP contribution in [0.15, 0.2) is 60.7 Å². The van der Waals surface area contributed by atoms with Crippen molar-refractivity contribution < 1.29 is 23.9 Å². The van der Waals surface area contributed by atoms with E-state index in [0.29, 0.717) is 0 Å². The lowest BCUT2D eigenvalue weighted by Crippen LogP contribution is -2.44. The van der Waals surface area contributed by atoms with Crippen molar-refractivity contribution in [3.63, 3.8) is 0 Å².